The predicted molar refractivity (Wildman–Crippen MR) is 71.2 cm³/mol. The Morgan fingerprint density at radius 1 is 1.05 bits per heavy atom. The van der Waals surface area contributed by atoms with Crippen molar-refractivity contribution in [1.29, 1.82) is 0 Å². The number of aliphatic hydroxyl groups excluding tert-OH is 1. The Hall–Kier alpha value is -1.94. The summed E-state index contributed by atoms with van der Waals surface area (Å²) >= 11 is 0. The van der Waals surface area contributed by atoms with E-state index in [0.717, 1.165) is 5.56 Å². The fourth-order valence-corrected chi connectivity index (χ4v) is 2.23. The van der Waals surface area contributed by atoms with Gasteiger partial charge in [-0.3, -0.25) is 14.5 Å². The van der Waals surface area contributed by atoms with Gasteiger partial charge in [0.25, 0.3) is 11.8 Å². The number of nitrogens with zero attached hydrogens (tertiary/aromatic N) is 1. The van der Waals surface area contributed by atoms with Gasteiger partial charge in [0.1, 0.15) is 0 Å². The summed E-state index contributed by atoms with van der Waals surface area (Å²) < 4.78 is 0. The van der Waals surface area contributed by atoms with Crippen LogP contribution in [-0.4, -0.2) is 34.5 Å². The fourth-order valence-electron chi connectivity index (χ4n) is 2.23. The molecule has 100 valence electrons. The van der Waals surface area contributed by atoms with Crippen LogP contribution in [0.3, 0.4) is 0 Å². The highest BCUT2D eigenvalue weighted by molar-refractivity contribution is 6.19. The van der Waals surface area contributed by atoms with Gasteiger partial charge in [-0.2, -0.15) is 0 Å². The minimum Gasteiger partial charge on any atom is -0.394 e. The number of hydrogen-bond acceptors (Lipinski definition) is 3. The van der Waals surface area contributed by atoms with Crippen molar-refractivity contribution in [3.05, 3.63) is 47.0 Å². The number of carbonyl (C=O) groups is 2. The van der Waals surface area contributed by atoms with Gasteiger partial charge in [0, 0.05) is 11.1 Å². The van der Waals surface area contributed by atoms with Gasteiger partial charge < -0.3 is 5.11 Å². The van der Waals surface area contributed by atoms with E-state index in [1.54, 1.807) is 13.8 Å². The van der Waals surface area contributed by atoms with Gasteiger partial charge in [-0.25, -0.2) is 0 Å². The summed E-state index contributed by atoms with van der Waals surface area (Å²) in [5.41, 5.74) is 1.93. The molecular weight excluding hydrogens is 242 g/mol. The summed E-state index contributed by atoms with van der Waals surface area (Å²) in [5, 5.41) is 9.49. The highest BCUT2D eigenvalue weighted by atomic mass is 16.3. The van der Waals surface area contributed by atoms with Crippen molar-refractivity contribution in [3.63, 3.8) is 0 Å². The lowest BCUT2D eigenvalue weighted by molar-refractivity contribution is -0.141. The minimum atomic E-state index is -0.505. The number of aliphatic hydroxyl groups is 1. The van der Waals surface area contributed by atoms with Crippen molar-refractivity contribution in [2.45, 2.75) is 26.3 Å². The standard InChI is InChI=1S/C15H17NO3/c1-10-11(2)15(19)16(14(10)18)13(9-17)8-12-6-4-3-5-7-12/h3-7,13,17H,8-9H2,1-2H3/t13-/m0/s1. The van der Waals surface area contributed by atoms with Gasteiger partial charge in [-0.1, -0.05) is 30.3 Å². The molecule has 19 heavy (non-hydrogen) atoms. The van der Waals surface area contributed by atoms with Crippen LogP contribution in [0.2, 0.25) is 0 Å². The molecule has 1 N–H and O–H groups in total. The quantitative estimate of drug-likeness (QED) is 0.829. The summed E-state index contributed by atoms with van der Waals surface area (Å²) in [6, 6.07) is 9.02. The third kappa shape index (κ3) is 2.44. The Labute approximate surface area is 112 Å². The van der Waals surface area contributed by atoms with Crippen LogP contribution in [0, 0.1) is 0 Å². The molecule has 2 rings (SSSR count). The van der Waals surface area contributed by atoms with Gasteiger partial charge in [0.05, 0.1) is 12.6 Å². The zero-order chi connectivity index (χ0) is 14.0. The Bertz CT molecular complexity index is 510. The zero-order valence-corrected chi connectivity index (χ0v) is 11.1. The van der Waals surface area contributed by atoms with Crippen LogP contribution in [0.15, 0.2) is 41.5 Å². The third-order valence-electron chi connectivity index (χ3n) is 3.53. The second kappa shape index (κ2) is 5.36. The van der Waals surface area contributed by atoms with Gasteiger partial charge in [0.2, 0.25) is 0 Å². The second-order valence-corrected chi connectivity index (χ2v) is 4.76. The van der Waals surface area contributed by atoms with E-state index in [0.29, 0.717) is 17.6 Å². The Balaban J connectivity index is 2.20. The van der Waals surface area contributed by atoms with Crippen LogP contribution < -0.4 is 0 Å². The Morgan fingerprint density at radius 3 is 2.05 bits per heavy atom. The van der Waals surface area contributed by atoms with Gasteiger partial charge in [0.15, 0.2) is 0 Å². The van der Waals surface area contributed by atoms with Gasteiger partial charge >= 0.3 is 0 Å². The maximum atomic E-state index is 12.1. The van der Waals surface area contributed by atoms with Crippen molar-refractivity contribution < 1.29 is 14.7 Å². The average molecular weight is 259 g/mol. The lowest BCUT2D eigenvalue weighted by atomic mass is 10.1. The topological polar surface area (TPSA) is 57.6 Å². The first-order valence-corrected chi connectivity index (χ1v) is 6.26. The van der Waals surface area contributed by atoms with E-state index < -0.39 is 6.04 Å². The van der Waals surface area contributed by atoms with Crippen LogP contribution in [0.4, 0.5) is 0 Å². The molecule has 1 aliphatic heterocycles. The maximum absolute atomic E-state index is 12.1. The molecule has 2 amide bonds. The summed E-state index contributed by atoms with van der Waals surface area (Å²) in [5.74, 6) is -0.588. The molecule has 1 aliphatic rings. The third-order valence-corrected chi connectivity index (χ3v) is 3.53. The first kappa shape index (κ1) is 13.5. The molecule has 1 atom stereocenters. The largest absolute Gasteiger partial charge is 0.394 e. The molecule has 0 radical (unpaired) electrons. The SMILES string of the molecule is CC1=C(C)C(=O)N([C@H](CO)Cc2ccccc2)C1=O. The molecule has 0 saturated carbocycles. The van der Waals surface area contributed by atoms with Gasteiger partial charge in [-0.15, -0.1) is 0 Å². The lowest BCUT2D eigenvalue weighted by Crippen LogP contribution is -2.44. The Morgan fingerprint density at radius 2 is 1.58 bits per heavy atom. The van der Waals surface area contributed by atoms with E-state index in [-0.39, 0.29) is 18.4 Å². The molecule has 0 aliphatic carbocycles. The monoisotopic (exact) mass is 259 g/mol. The molecule has 0 unspecified atom stereocenters. The Kier molecular flexibility index (Phi) is 3.81. The van der Waals surface area contributed by atoms with Crippen molar-refractivity contribution in [2.24, 2.45) is 0 Å². The van der Waals surface area contributed by atoms with Crippen LogP contribution in [0.1, 0.15) is 19.4 Å². The maximum Gasteiger partial charge on any atom is 0.257 e. The first-order chi connectivity index (χ1) is 9.06. The summed E-state index contributed by atoms with van der Waals surface area (Å²) in [4.78, 5) is 25.3. The number of rotatable bonds is 4. The van der Waals surface area contributed by atoms with Crippen molar-refractivity contribution >= 4 is 11.8 Å². The van der Waals surface area contributed by atoms with E-state index in [1.165, 1.54) is 4.90 Å². The molecule has 1 aromatic rings. The molecule has 4 nitrogen and oxygen atoms in total. The van der Waals surface area contributed by atoms with E-state index >= 15 is 0 Å². The van der Waals surface area contributed by atoms with E-state index in [2.05, 4.69) is 0 Å². The number of amides is 2. The summed E-state index contributed by atoms with van der Waals surface area (Å²) in [6.45, 7) is 3.06. The molecule has 1 aromatic carbocycles. The molecule has 0 fully saturated rings. The van der Waals surface area contributed by atoms with E-state index in [1.807, 2.05) is 30.3 Å². The number of carbonyl (C=O) groups excluding carboxylic acids is 2. The number of benzene rings is 1. The van der Waals surface area contributed by atoms with Crippen molar-refractivity contribution in [2.75, 3.05) is 6.61 Å². The van der Waals surface area contributed by atoms with E-state index in [4.69, 9.17) is 0 Å². The molecule has 1 heterocycles. The molecule has 0 spiro atoms. The van der Waals surface area contributed by atoms with Crippen molar-refractivity contribution in [3.8, 4) is 0 Å². The summed E-state index contributed by atoms with van der Waals surface area (Å²) in [7, 11) is 0. The molecular formula is C15H17NO3. The number of imide groups is 1. The fraction of sp³-hybridized carbons (Fsp3) is 0.333. The smallest absolute Gasteiger partial charge is 0.257 e. The van der Waals surface area contributed by atoms with Gasteiger partial charge in [-0.05, 0) is 25.8 Å². The van der Waals surface area contributed by atoms with Crippen LogP contribution in [0.25, 0.3) is 0 Å². The highest BCUT2D eigenvalue weighted by Gasteiger charge is 2.37. The zero-order valence-electron chi connectivity index (χ0n) is 11.1. The predicted octanol–water partition coefficient (Wildman–Crippen LogP) is 1.30. The molecule has 0 aromatic heterocycles. The first-order valence-electron chi connectivity index (χ1n) is 6.26. The molecule has 0 saturated heterocycles. The highest BCUT2D eigenvalue weighted by Crippen LogP contribution is 2.23. The van der Waals surface area contributed by atoms with Crippen LogP contribution in [-0.2, 0) is 16.0 Å². The molecule has 4 heteroatoms. The average Bonchev–Trinajstić information content (AvgIpc) is 2.62. The lowest BCUT2D eigenvalue weighted by Gasteiger charge is -2.25. The number of hydrogen-bond donors (Lipinski definition) is 1. The normalized spacial score (nSPS) is 17.3. The second-order valence-electron chi connectivity index (χ2n) is 4.76. The van der Waals surface area contributed by atoms with Crippen LogP contribution in [0.5, 0.6) is 0 Å². The molecule has 0 bridgehead atoms. The summed E-state index contributed by atoms with van der Waals surface area (Å²) in [6.07, 6.45) is 0.468. The van der Waals surface area contributed by atoms with E-state index in [9.17, 15) is 14.7 Å². The van der Waals surface area contributed by atoms with Crippen LogP contribution >= 0.6 is 0 Å². The minimum absolute atomic E-state index is 0.229. The van der Waals surface area contributed by atoms with Crippen molar-refractivity contribution in [1.82, 2.24) is 4.90 Å².